The average molecular weight is 369 g/mol. The van der Waals surface area contributed by atoms with Crippen molar-refractivity contribution in [2.45, 2.75) is 45.6 Å². The van der Waals surface area contributed by atoms with Crippen LogP contribution in [0.15, 0.2) is 18.3 Å². The Morgan fingerprint density at radius 3 is 2.64 bits per heavy atom. The van der Waals surface area contributed by atoms with E-state index in [1.165, 1.54) is 0 Å². The van der Waals surface area contributed by atoms with Crippen LogP contribution in [-0.2, 0) is 14.3 Å². The summed E-state index contributed by atoms with van der Waals surface area (Å²) in [5.74, 6) is -0.849. The van der Waals surface area contributed by atoms with Crippen molar-refractivity contribution in [2.75, 3.05) is 19.7 Å². The molecule has 1 aliphatic heterocycles. The van der Waals surface area contributed by atoms with E-state index < -0.39 is 5.60 Å². The van der Waals surface area contributed by atoms with Crippen molar-refractivity contribution >= 4 is 23.7 Å². The number of ether oxygens (including phenoxy) is 2. The molecule has 138 valence electrons. The minimum absolute atomic E-state index is 0.252. The summed E-state index contributed by atoms with van der Waals surface area (Å²) in [6.45, 7) is 8.39. The smallest absolute Gasteiger partial charge is 0.410 e. The predicted molar refractivity (Wildman–Crippen MR) is 94.5 cm³/mol. The van der Waals surface area contributed by atoms with E-state index in [1.807, 2.05) is 20.8 Å². The standard InChI is InChI=1S/C18H25ClN2O4/c1-5-24-16(22)13-8-9-21(17(23)25-18(2,3)4)11-14(13)15-7-6-12(19)10-20-15/h6-7,10,13-14H,5,8-9,11H2,1-4H3/t13-,14-/m1/s1. The number of hydrogen-bond donors (Lipinski definition) is 0. The Bertz CT molecular complexity index is 612. The molecule has 0 bridgehead atoms. The molecule has 1 saturated heterocycles. The molecule has 2 rings (SSSR count). The summed E-state index contributed by atoms with van der Waals surface area (Å²) >= 11 is 5.91. The summed E-state index contributed by atoms with van der Waals surface area (Å²) in [5, 5.41) is 0.524. The van der Waals surface area contributed by atoms with E-state index in [0.29, 0.717) is 31.1 Å². The topological polar surface area (TPSA) is 68.7 Å². The van der Waals surface area contributed by atoms with Crippen LogP contribution in [0.3, 0.4) is 0 Å². The number of carbonyl (C=O) groups is 2. The molecular formula is C18H25ClN2O4. The monoisotopic (exact) mass is 368 g/mol. The quantitative estimate of drug-likeness (QED) is 0.762. The lowest BCUT2D eigenvalue weighted by Crippen LogP contribution is -2.47. The van der Waals surface area contributed by atoms with E-state index in [1.54, 1.807) is 30.2 Å². The summed E-state index contributed by atoms with van der Waals surface area (Å²) in [5.41, 5.74) is 0.152. The molecule has 1 aliphatic rings. The Labute approximate surface area is 153 Å². The van der Waals surface area contributed by atoms with Gasteiger partial charge in [0.1, 0.15) is 5.60 Å². The fraction of sp³-hybridized carbons (Fsp3) is 0.611. The van der Waals surface area contributed by atoms with Crippen molar-refractivity contribution in [2.24, 2.45) is 5.92 Å². The lowest BCUT2D eigenvalue weighted by Gasteiger charge is -2.37. The predicted octanol–water partition coefficient (Wildman–Crippen LogP) is 3.64. The fourth-order valence-electron chi connectivity index (χ4n) is 2.88. The van der Waals surface area contributed by atoms with Gasteiger partial charge in [-0.2, -0.15) is 0 Å². The van der Waals surface area contributed by atoms with Gasteiger partial charge in [0, 0.05) is 30.9 Å². The molecule has 25 heavy (non-hydrogen) atoms. The number of pyridine rings is 1. The van der Waals surface area contributed by atoms with Crippen molar-refractivity contribution in [1.82, 2.24) is 9.88 Å². The van der Waals surface area contributed by atoms with Gasteiger partial charge in [-0.05, 0) is 46.2 Å². The molecule has 2 heterocycles. The van der Waals surface area contributed by atoms with Gasteiger partial charge in [-0.1, -0.05) is 11.6 Å². The third-order valence-electron chi connectivity index (χ3n) is 3.98. The minimum Gasteiger partial charge on any atom is -0.466 e. The van der Waals surface area contributed by atoms with Crippen molar-refractivity contribution in [3.63, 3.8) is 0 Å². The van der Waals surface area contributed by atoms with Crippen LogP contribution < -0.4 is 0 Å². The molecular weight excluding hydrogens is 344 g/mol. The molecule has 0 radical (unpaired) electrons. The first-order chi connectivity index (χ1) is 11.7. The molecule has 0 aliphatic carbocycles. The van der Waals surface area contributed by atoms with Gasteiger partial charge in [0.05, 0.1) is 17.5 Å². The van der Waals surface area contributed by atoms with E-state index in [0.717, 1.165) is 5.69 Å². The summed E-state index contributed by atoms with van der Waals surface area (Å²) in [7, 11) is 0. The van der Waals surface area contributed by atoms with Gasteiger partial charge >= 0.3 is 12.1 Å². The number of aromatic nitrogens is 1. The molecule has 1 aromatic heterocycles. The number of piperidine rings is 1. The molecule has 6 nitrogen and oxygen atoms in total. The van der Waals surface area contributed by atoms with Gasteiger partial charge in [0.2, 0.25) is 0 Å². The SMILES string of the molecule is CCOC(=O)[C@@H]1CCN(C(=O)OC(C)(C)C)C[C@H]1c1ccc(Cl)cn1. The Morgan fingerprint density at radius 2 is 2.08 bits per heavy atom. The number of halogens is 1. The van der Waals surface area contributed by atoms with Crippen molar-refractivity contribution in [3.05, 3.63) is 29.0 Å². The molecule has 1 amide bonds. The van der Waals surface area contributed by atoms with Crippen LogP contribution in [0.2, 0.25) is 5.02 Å². The van der Waals surface area contributed by atoms with Crippen LogP contribution in [0.4, 0.5) is 4.79 Å². The van der Waals surface area contributed by atoms with Gasteiger partial charge in [0.15, 0.2) is 0 Å². The first-order valence-electron chi connectivity index (χ1n) is 8.47. The highest BCUT2D eigenvalue weighted by Gasteiger charge is 2.39. The Hall–Kier alpha value is -1.82. The third-order valence-corrected chi connectivity index (χ3v) is 4.21. The first-order valence-corrected chi connectivity index (χ1v) is 8.85. The van der Waals surface area contributed by atoms with Gasteiger partial charge in [-0.3, -0.25) is 9.78 Å². The van der Waals surface area contributed by atoms with E-state index in [4.69, 9.17) is 21.1 Å². The Morgan fingerprint density at radius 1 is 1.36 bits per heavy atom. The van der Waals surface area contributed by atoms with E-state index in [2.05, 4.69) is 4.98 Å². The number of esters is 1. The Balaban J connectivity index is 2.21. The zero-order chi connectivity index (χ0) is 18.6. The largest absolute Gasteiger partial charge is 0.466 e. The summed E-state index contributed by atoms with van der Waals surface area (Å²) in [6.07, 6.45) is 1.67. The lowest BCUT2D eigenvalue weighted by atomic mass is 9.83. The van der Waals surface area contributed by atoms with E-state index in [-0.39, 0.29) is 23.9 Å². The second-order valence-electron chi connectivity index (χ2n) is 7.08. The maximum Gasteiger partial charge on any atom is 0.410 e. The second-order valence-corrected chi connectivity index (χ2v) is 7.52. The summed E-state index contributed by atoms with van der Waals surface area (Å²) in [4.78, 5) is 30.7. The number of amides is 1. The highest BCUT2D eigenvalue weighted by atomic mass is 35.5. The van der Waals surface area contributed by atoms with Crippen LogP contribution in [0, 0.1) is 5.92 Å². The van der Waals surface area contributed by atoms with Crippen LogP contribution in [0.5, 0.6) is 0 Å². The highest BCUT2D eigenvalue weighted by Crippen LogP contribution is 2.33. The minimum atomic E-state index is -0.566. The summed E-state index contributed by atoms with van der Waals surface area (Å²) < 4.78 is 10.7. The molecule has 7 heteroatoms. The van der Waals surface area contributed by atoms with Crippen LogP contribution in [0.1, 0.15) is 45.7 Å². The molecule has 0 unspecified atom stereocenters. The van der Waals surface area contributed by atoms with Gasteiger partial charge < -0.3 is 14.4 Å². The Kier molecular flexibility index (Phi) is 6.27. The van der Waals surface area contributed by atoms with Crippen LogP contribution >= 0.6 is 11.6 Å². The second kappa shape index (κ2) is 8.04. The maximum absolute atomic E-state index is 12.4. The van der Waals surface area contributed by atoms with E-state index >= 15 is 0 Å². The van der Waals surface area contributed by atoms with Gasteiger partial charge in [-0.25, -0.2) is 4.79 Å². The van der Waals surface area contributed by atoms with Gasteiger partial charge in [-0.15, -0.1) is 0 Å². The average Bonchev–Trinajstić information content (AvgIpc) is 2.53. The number of nitrogens with zero attached hydrogens (tertiary/aromatic N) is 2. The lowest BCUT2D eigenvalue weighted by molar-refractivity contribution is -0.150. The normalized spacial score (nSPS) is 20.9. The van der Waals surface area contributed by atoms with Gasteiger partial charge in [0.25, 0.3) is 0 Å². The third kappa shape index (κ3) is 5.33. The van der Waals surface area contributed by atoms with Crippen molar-refractivity contribution in [1.29, 1.82) is 0 Å². The van der Waals surface area contributed by atoms with Crippen LogP contribution in [-0.4, -0.2) is 47.2 Å². The maximum atomic E-state index is 12.4. The zero-order valence-electron chi connectivity index (χ0n) is 15.1. The molecule has 0 N–H and O–H groups in total. The highest BCUT2D eigenvalue weighted by molar-refractivity contribution is 6.30. The van der Waals surface area contributed by atoms with Crippen LogP contribution in [0.25, 0.3) is 0 Å². The molecule has 2 atom stereocenters. The number of rotatable bonds is 3. The molecule has 1 fully saturated rings. The molecule has 0 saturated carbocycles. The van der Waals surface area contributed by atoms with E-state index in [9.17, 15) is 9.59 Å². The number of hydrogen-bond acceptors (Lipinski definition) is 5. The molecule has 1 aromatic rings. The first kappa shape index (κ1) is 19.5. The molecule has 0 aromatic carbocycles. The number of carbonyl (C=O) groups excluding carboxylic acids is 2. The fourth-order valence-corrected chi connectivity index (χ4v) is 2.99. The molecule has 0 spiro atoms. The van der Waals surface area contributed by atoms with Crippen molar-refractivity contribution < 1.29 is 19.1 Å². The van der Waals surface area contributed by atoms with Crippen molar-refractivity contribution in [3.8, 4) is 0 Å². The zero-order valence-corrected chi connectivity index (χ0v) is 15.9. The number of likely N-dealkylation sites (tertiary alicyclic amines) is 1. The summed E-state index contributed by atoms with van der Waals surface area (Å²) in [6, 6.07) is 3.52.